The smallest absolute Gasteiger partial charge is 0.325 e. The molecule has 1 fully saturated rings. The number of hydrogen-bond donors (Lipinski definition) is 2. The Labute approximate surface area is 178 Å². The molecular weight excluding hydrogens is 410 g/mol. The van der Waals surface area contributed by atoms with Crippen LogP contribution in [0.25, 0.3) is 0 Å². The van der Waals surface area contributed by atoms with Gasteiger partial charge in [-0.25, -0.2) is 4.79 Å². The standard InChI is InChI=1S/C21H20ClN3O5/c1-12-9-15(17(29-2)10-14(12)22)23-18(26)11-25-19(27)21(24-20(25)28)7-8-30-16-6-4-3-5-13(16)21/h3-6,9-10H,7-8,11H2,1-2H3,(H,23,26)(H,24,28). The Morgan fingerprint density at radius 3 is 2.87 bits per heavy atom. The molecular formula is C21H20ClN3O5. The number of rotatable bonds is 4. The first kappa shape index (κ1) is 20.0. The Morgan fingerprint density at radius 2 is 2.10 bits per heavy atom. The summed E-state index contributed by atoms with van der Waals surface area (Å²) in [6.45, 7) is 1.64. The number of halogens is 1. The summed E-state index contributed by atoms with van der Waals surface area (Å²) in [6, 6.07) is 9.71. The molecule has 1 saturated heterocycles. The number of carbonyl (C=O) groups excluding carboxylic acids is 3. The first-order valence-electron chi connectivity index (χ1n) is 9.36. The molecule has 156 valence electrons. The second kappa shape index (κ2) is 7.53. The number of nitrogens with one attached hydrogen (secondary N) is 2. The number of aryl methyl sites for hydroxylation is 1. The molecule has 0 aromatic heterocycles. The molecule has 2 N–H and O–H groups in total. The maximum Gasteiger partial charge on any atom is 0.325 e. The average molecular weight is 430 g/mol. The van der Waals surface area contributed by atoms with Crippen LogP contribution in [0.4, 0.5) is 10.5 Å². The van der Waals surface area contributed by atoms with Crippen LogP contribution in [0.15, 0.2) is 36.4 Å². The number of nitrogens with zero attached hydrogens (tertiary/aromatic N) is 1. The minimum atomic E-state index is -1.22. The minimum absolute atomic E-state index is 0.282. The van der Waals surface area contributed by atoms with E-state index in [0.29, 0.717) is 27.8 Å². The van der Waals surface area contributed by atoms with Gasteiger partial charge in [0.05, 0.1) is 19.4 Å². The number of urea groups is 1. The highest BCUT2D eigenvalue weighted by atomic mass is 35.5. The van der Waals surface area contributed by atoms with Crippen molar-refractivity contribution in [2.75, 3.05) is 25.6 Å². The summed E-state index contributed by atoms with van der Waals surface area (Å²) >= 11 is 6.09. The summed E-state index contributed by atoms with van der Waals surface area (Å²) in [5.41, 5.74) is 0.524. The Morgan fingerprint density at radius 1 is 1.33 bits per heavy atom. The summed E-state index contributed by atoms with van der Waals surface area (Å²) in [5, 5.41) is 5.95. The molecule has 2 aromatic carbocycles. The van der Waals surface area contributed by atoms with Crippen LogP contribution in [0.1, 0.15) is 17.5 Å². The fourth-order valence-electron chi connectivity index (χ4n) is 3.78. The molecule has 0 bridgehead atoms. The van der Waals surface area contributed by atoms with E-state index in [-0.39, 0.29) is 13.0 Å². The third kappa shape index (κ3) is 3.23. The topological polar surface area (TPSA) is 97.0 Å². The van der Waals surface area contributed by atoms with Gasteiger partial charge in [0.25, 0.3) is 5.91 Å². The van der Waals surface area contributed by atoms with Gasteiger partial charge in [0, 0.05) is 23.1 Å². The lowest BCUT2D eigenvalue weighted by Crippen LogP contribution is -2.48. The molecule has 30 heavy (non-hydrogen) atoms. The number of anilines is 1. The third-order valence-corrected chi connectivity index (χ3v) is 5.72. The van der Waals surface area contributed by atoms with Crippen LogP contribution >= 0.6 is 11.6 Å². The summed E-state index contributed by atoms with van der Waals surface area (Å²) in [6.07, 6.45) is 0.289. The van der Waals surface area contributed by atoms with E-state index in [1.54, 1.807) is 43.3 Å². The molecule has 2 aliphatic heterocycles. The van der Waals surface area contributed by atoms with Gasteiger partial charge < -0.3 is 20.1 Å². The molecule has 1 atom stereocenters. The molecule has 2 aliphatic rings. The number of methoxy groups -OCH3 is 1. The molecule has 1 unspecified atom stereocenters. The maximum atomic E-state index is 13.2. The van der Waals surface area contributed by atoms with Gasteiger partial charge in [-0.3, -0.25) is 14.5 Å². The molecule has 4 rings (SSSR count). The lowest BCUT2D eigenvalue weighted by atomic mass is 9.84. The van der Waals surface area contributed by atoms with Crippen molar-refractivity contribution in [3.63, 3.8) is 0 Å². The first-order chi connectivity index (χ1) is 14.4. The van der Waals surface area contributed by atoms with E-state index in [9.17, 15) is 14.4 Å². The maximum absolute atomic E-state index is 13.2. The van der Waals surface area contributed by atoms with Crippen LogP contribution in [0.2, 0.25) is 5.02 Å². The SMILES string of the molecule is COc1cc(Cl)c(C)cc1NC(=O)CN1C(=O)NC2(CCOc3ccccc32)C1=O. The van der Waals surface area contributed by atoms with Crippen molar-refractivity contribution in [3.8, 4) is 11.5 Å². The van der Waals surface area contributed by atoms with Crippen molar-refractivity contribution >= 4 is 35.1 Å². The number of imide groups is 1. The van der Waals surface area contributed by atoms with E-state index in [1.165, 1.54) is 7.11 Å². The predicted octanol–water partition coefficient (Wildman–Crippen LogP) is 2.83. The molecule has 9 heteroatoms. The third-order valence-electron chi connectivity index (χ3n) is 5.31. The highest BCUT2D eigenvalue weighted by molar-refractivity contribution is 6.31. The van der Waals surface area contributed by atoms with Crippen molar-refractivity contribution in [2.24, 2.45) is 0 Å². The molecule has 0 saturated carbocycles. The molecule has 2 heterocycles. The zero-order valence-corrected chi connectivity index (χ0v) is 17.2. The van der Waals surface area contributed by atoms with E-state index in [4.69, 9.17) is 21.1 Å². The monoisotopic (exact) mass is 429 g/mol. The van der Waals surface area contributed by atoms with Crippen LogP contribution in [0.3, 0.4) is 0 Å². The van der Waals surface area contributed by atoms with Crippen LogP contribution in [0.5, 0.6) is 11.5 Å². The molecule has 1 spiro atoms. The highest BCUT2D eigenvalue weighted by Crippen LogP contribution is 2.41. The van der Waals surface area contributed by atoms with Crippen molar-refractivity contribution in [3.05, 3.63) is 52.5 Å². The number of ether oxygens (including phenoxy) is 2. The number of para-hydroxylation sites is 1. The second-order valence-electron chi connectivity index (χ2n) is 7.17. The van der Waals surface area contributed by atoms with E-state index < -0.39 is 29.9 Å². The van der Waals surface area contributed by atoms with Crippen LogP contribution in [-0.2, 0) is 15.1 Å². The summed E-state index contributed by atoms with van der Waals surface area (Å²) in [4.78, 5) is 39.4. The second-order valence-corrected chi connectivity index (χ2v) is 7.58. The van der Waals surface area contributed by atoms with Crippen molar-refractivity contribution in [1.29, 1.82) is 0 Å². The Balaban J connectivity index is 1.55. The van der Waals surface area contributed by atoms with E-state index in [1.807, 2.05) is 0 Å². The molecule has 2 aromatic rings. The summed E-state index contributed by atoms with van der Waals surface area (Å²) < 4.78 is 10.9. The molecule has 0 radical (unpaired) electrons. The first-order valence-corrected chi connectivity index (χ1v) is 9.74. The van der Waals surface area contributed by atoms with Gasteiger partial charge in [-0.15, -0.1) is 0 Å². The van der Waals surface area contributed by atoms with Gasteiger partial charge in [-0.2, -0.15) is 0 Å². The molecule has 8 nitrogen and oxygen atoms in total. The Kier molecular flexibility index (Phi) is 5.03. The fourth-order valence-corrected chi connectivity index (χ4v) is 3.93. The van der Waals surface area contributed by atoms with E-state index >= 15 is 0 Å². The van der Waals surface area contributed by atoms with Gasteiger partial charge >= 0.3 is 6.03 Å². The van der Waals surface area contributed by atoms with Gasteiger partial charge in [0.2, 0.25) is 5.91 Å². The van der Waals surface area contributed by atoms with Crippen molar-refractivity contribution in [1.82, 2.24) is 10.2 Å². The number of hydrogen-bond acceptors (Lipinski definition) is 5. The van der Waals surface area contributed by atoms with Crippen LogP contribution in [-0.4, -0.2) is 43.0 Å². The number of carbonyl (C=O) groups is 3. The van der Waals surface area contributed by atoms with Gasteiger partial charge in [0.1, 0.15) is 18.0 Å². The summed E-state index contributed by atoms with van der Waals surface area (Å²) in [5.74, 6) is -0.0791. The number of fused-ring (bicyclic) bond motifs is 2. The molecule has 4 amide bonds. The quantitative estimate of drug-likeness (QED) is 0.728. The van der Waals surface area contributed by atoms with Gasteiger partial charge in [0.15, 0.2) is 5.54 Å². The predicted molar refractivity (Wildman–Crippen MR) is 110 cm³/mol. The van der Waals surface area contributed by atoms with Crippen molar-refractivity contribution < 1.29 is 23.9 Å². The zero-order valence-electron chi connectivity index (χ0n) is 16.5. The van der Waals surface area contributed by atoms with Gasteiger partial charge in [-0.1, -0.05) is 29.8 Å². The Hall–Kier alpha value is -3.26. The van der Waals surface area contributed by atoms with Gasteiger partial charge in [-0.05, 0) is 24.6 Å². The van der Waals surface area contributed by atoms with E-state index in [2.05, 4.69) is 10.6 Å². The lowest BCUT2D eigenvalue weighted by Gasteiger charge is -2.33. The number of amides is 4. The van der Waals surface area contributed by atoms with E-state index in [0.717, 1.165) is 10.5 Å². The highest BCUT2D eigenvalue weighted by Gasteiger charge is 2.55. The average Bonchev–Trinajstić information content (AvgIpc) is 2.95. The largest absolute Gasteiger partial charge is 0.495 e. The lowest BCUT2D eigenvalue weighted by molar-refractivity contribution is -0.135. The number of benzene rings is 2. The fraction of sp³-hybridized carbons (Fsp3) is 0.286. The zero-order chi connectivity index (χ0) is 21.5. The normalized spacial score (nSPS) is 19.9. The minimum Gasteiger partial charge on any atom is -0.495 e. The molecule has 0 aliphatic carbocycles. The van der Waals surface area contributed by atoms with Crippen molar-refractivity contribution in [2.45, 2.75) is 18.9 Å². The Bertz CT molecular complexity index is 1060. The van der Waals surface area contributed by atoms with Crippen LogP contribution in [0, 0.1) is 6.92 Å². The van der Waals surface area contributed by atoms with Crippen LogP contribution < -0.4 is 20.1 Å². The summed E-state index contributed by atoms with van der Waals surface area (Å²) in [7, 11) is 1.46.